The Bertz CT molecular complexity index is 708. The number of benzene rings is 2. The normalized spacial score (nSPS) is 14.5. The average molecular weight is 327 g/mol. The number of para-hydroxylation sites is 1. The van der Waals surface area contributed by atoms with Crippen molar-refractivity contribution in [1.29, 1.82) is 0 Å². The van der Waals surface area contributed by atoms with E-state index in [1.165, 1.54) is 0 Å². The summed E-state index contributed by atoms with van der Waals surface area (Å²) in [4.78, 5) is 12.6. The molecule has 3 rings (SSSR count). The van der Waals surface area contributed by atoms with Crippen LogP contribution in [0.15, 0.2) is 65.9 Å². The van der Waals surface area contributed by atoms with Gasteiger partial charge < -0.3 is 10.6 Å². The smallest absolute Gasteiger partial charge is 0.253 e. The van der Waals surface area contributed by atoms with Crippen molar-refractivity contribution < 1.29 is 4.79 Å². The van der Waals surface area contributed by atoms with Crippen LogP contribution < -0.4 is 10.6 Å². The molecule has 0 saturated carbocycles. The topological polar surface area (TPSA) is 41.1 Å². The van der Waals surface area contributed by atoms with Gasteiger partial charge in [0.2, 0.25) is 0 Å². The highest BCUT2D eigenvalue weighted by Crippen LogP contribution is 2.27. The van der Waals surface area contributed by atoms with Gasteiger partial charge in [-0.05, 0) is 62.1 Å². The maximum atomic E-state index is 12.6. The summed E-state index contributed by atoms with van der Waals surface area (Å²) in [6, 6.07) is 17.1. The van der Waals surface area contributed by atoms with E-state index in [1.807, 2.05) is 42.5 Å². The number of hydrogen-bond acceptors (Lipinski definition) is 2. The maximum absolute atomic E-state index is 12.6. The molecule has 1 aliphatic rings. The van der Waals surface area contributed by atoms with Crippen molar-refractivity contribution in [3.05, 3.63) is 70.9 Å². The van der Waals surface area contributed by atoms with E-state index in [-0.39, 0.29) is 5.91 Å². The third kappa shape index (κ3) is 4.14. The number of halogens is 1. The van der Waals surface area contributed by atoms with E-state index in [2.05, 4.69) is 10.6 Å². The minimum absolute atomic E-state index is 0.0366. The molecule has 0 aromatic heterocycles. The van der Waals surface area contributed by atoms with Gasteiger partial charge in [-0.25, -0.2) is 0 Å². The highest BCUT2D eigenvalue weighted by Gasteiger charge is 2.19. The molecule has 0 atom stereocenters. The lowest BCUT2D eigenvalue weighted by Crippen LogP contribution is -2.21. The first-order valence-electron chi connectivity index (χ1n) is 7.83. The van der Waals surface area contributed by atoms with Crippen LogP contribution in [-0.2, 0) is 4.79 Å². The highest BCUT2D eigenvalue weighted by atomic mass is 35.5. The molecule has 0 unspecified atom stereocenters. The Balaban J connectivity index is 1.78. The second-order valence-electron chi connectivity index (χ2n) is 5.62. The van der Waals surface area contributed by atoms with Gasteiger partial charge in [0.05, 0.1) is 0 Å². The average Bonchev–Trinajstić information content (AvgIpc) is 2.58. The molecule has 0 aliphatic heterocycles. The molecule has 0 spiro atoms. The summed E-state index contributed by atoms with van der Waals surface area (Å²) in [6.45, 7) is 0. The number of anilines is 2. The molecule has 118 valence electrons. The second-order valence-corrected chi connectivity index (χ2v) is 6.05. The van der Waals surface area contributed by atoms with Gasteiger partial charge in [-0.2, -0.15) is 0 Å². The van der Waals surface area contributed by atoms with E-state index in [9.17, 15) is 4.79 Å². The van der Waals surface area contributed by atoms with Gasteiger partial charge in [0, 0.05) is 27.7 Å². The lowest BCUT2D eigenvalue weighted by atomic mass is 9.95. The number of allylic oxidation sites excluding steroid dienone is 1. The molecule has 23 heavy (non-hydrogen) atoms. The molecule has 2 aromatic rings. The number of rotatable bonds is 4. The van der Waals surface area contributed by atoms with Crippen LogP contribution in [0.5, 0.6) is 0 Å². The summed E-state index contributed by atoms with van der Waals surface area (Å²) in [5.41, 5.74) is 3.64. The molecule has 1 aliphatic carbocycles. The van der Waals surface area contributed by atoms with Crippen molar-refractivity contribution in [3.63, 3.8) is 0 Å². The zero-order chi connectivity index (χ0) is 16.1. The van der Waals surface area contributed by atoms with Crippen molar-refractivity contribution in [2.24, 2.45) is 0 Å². The largest absolute Gasteiger partial charge is 0.359 e. The third-order valence-electron chi connectivity index (χ3n) is 3.91. The molecule has 0 fully saturated rings. The molecule has 1 amide bonds. The zero-order valence-corrected chi connectivity index (χ0v) is 13.6. The lowest BCUT2D eigenvalue weighted by molar-refractivity contribution is -0.113. The summed E-state index contributed by atoms with van der Waals surface area (Å²) < 4.78 is 0. The van der Waals surface area contributed by atoms with Crippen LogP contribution in [0.4, 0.5) is 11.4 Å². The van der Waals surface area contributed by atoms with E-state index in [1.54, 1.807) is 12.1 Å². The van der Waals surface area contributed by atoms with Gasteiger partial charge in [0.1, 0.15) is 0 Å². The first-order chi connectivity index (χ1) is 11.2. The molecular formula is C19H19ClN2O. The monoisotopic (exact) mass is 326 g/mol. The molecular weight excluding hydrogens is 308 g/mol. The van der Waals surface area contributed by atoms with Crippen molar-refractivity contribution in [2.45, 2.75) is 25.7 Å². The van der Waals surface area contributed by atoms with Crippen LogP contribution in [0.2, 0.25) is 5.02 Å². The standard InChI is InChI=1S/C19H19ClN2O/c20-14-10-12-16(13-11-14)22-19(23)17-8-4-5-9-18(17)21-15-6-2-1-3-7-15/h1-3,6-7,10-13,21H,4-5,8-9H2,(H,22,23). The van der Waals surface area contributed by atoms with E-state index in [4.69, 9.17) is 11.6 Å². The molecule has 0 saturated heterocycles. The Labute approximate surface area is 141 Å². The van der Waals surface area contributed by atoms with Gasteiger partial charge in [-0.1, -0.05) is 29.8 Å². The quantitative estimate of drug-likeness (QED) is 0.808. The number of hydrogen-bond donors (Lipinski definition) is 2. The van der Waals surface area contributed by atoms with E-state index >= 15 is 0 Å². The van der Waals surface area contributed by atoms with Crippen LogP contribution in [0.3, 0.4) is 0 Å². The predicted molar refractivity (Wildman–Crippen MR) is 95.6 cm³/mol. The minimum atomic E-state index is -0.0366. The van der Waals surface area contributed by atoms with Gasteiger partial charge in [0.15, 0.2) is 0 Å². The second kappa shape index (κ2) is 7.34. The molecule has 2 aromatic carbocycles. The Morgan fingerprint density at radius 3 is 2.30 bits per heavy atom. The predicted octanol–water partition coefficient (Wildman–Crippen LogP) is 5.22. The van der Waals surface area contributed by atoms with Crippen LogP contribution in [0, 0.1) is 0 Å². The minimum Gasteiger partial charge on any atom is -0.359 e. The first kappa shape index (κ1) is 15.6. The summed E-state index contributed by atoms with van der Waals surface area (Å²) in [7, 11) is 0. The summed E-state index contributed by atoms with van der Waals surface area (Å²) in [6.07, 6.45) is 3.85. The molecule has 0 heterocycles. The number of carbonyl (C=O) groups is 1. The van der Waals surface area contributed by atoms with E-state index < -0.39 is 0 Å². The molecule has 4 heteroatoms. The zero-order valence-electron chi connectivity index (χ0n) is 12.8. The number of carbonyl (C=O) groups excluding carboxylic acids is 1. The van der Waals surface area contributed by atoms with E-state index in [0.717, 1.165) is 48.3 Å². The summed E-state index contributed by atoms with van der Waals surface area (Å²) in [5.74, 6) is -0.0366. The Morgan fingerprint density at radius 2 is 1.57 bits per heavy atom. The van der Waals surface area contributed by atoms with Gasteiger partial charge >= 0.3 is 0 Å². The lowest BCUT2D eigenvalue weighted by Gasteiger charge is -2.21. The Hall–Kier alpha value is -2.26. The van der Waals surface area contributed by atoms with Crippen LogP contribution in [0.25, 0.3) is 0 Å². The van der Waals surface area contributed by atoms with Gasteiger partial charge in [0.25, 0.3) is 5.91 Å². The molecule has 3 nitrogen and oxygen atoms in total. The molecule has 0 bridgehead atoms. The summed E-state index contributed by atoms with van der Waals surface area (Å²) in [5, 5.41) is 7.02. The maximum Gasteiger partial charge on any atom is 0.253 e. The van der Waals surface area contributed by atoms with Crippen LogP contribution in [-0.4, -0.2) is 5.91 Å². The van der Waals surface area contributed by atoms with Crippen molar-refractivity contribution in [1.82, 2.24) is 0 Å². The first-order valence-corrected chi connectivity index (χ1v) is 8.21. The van der Waals surface area contributed by atoms with E-state index in [0.29, 0.717) is 5.02 Å². The Morgan fingerprint density at radius 1 is 0.870 bits per heavy atom. The van der Waals surface area contributed by atoms with Crippen molar-refractivity contribution in [3.8, 4) is 0 Å². The molecule has 2 N–H and O–H groups in total. The number of amides is 1. The highest BCUT2D eigenvalue weighted by molar-refractivity contribution is 6.30. The van der Waals surface area contributed by atoms with Crippen LogP contribution >= 0.6 is 11.6 Å². The fourth-order valence-electron chi connectivity index (χ4n) is 2.73. The number of nitrogens with one attached hydrogen (secondary N) is 2. The fraction of sp³-hybridized carbons (Fsp3) is 0.211. The van der Waals surface area contributed by atoms with Gasteiger partial charge in [-0.15, -0.1) is 0 Å². The fourth-order valence-corrected chi connectivity index (χ4v) is 2.86. The SMILES string of the molecule is O=C(Nc1ccc(Cl)cc1)C1=C(Nc2ccccc2)CCCC1. The third-order valence-corrected chi connectivity index (χ3v) is 4.16. The molecule has 0 radical (unpaired) electrons. The van der Waals surface area contributed by atoms with Crippen molar-refractivity contribution >= 4 is 28.9 Å². The summed E-state index contributed by atoms with van der Waals surface area (Å²) >= 11 is 5.88. The van der Waals surface area contributed by atoms with Crippen molar-refractivity contribution in [2.75, 3.05) is 10.6 Å². The van der Waals surface area contributed by atoms with Gasteiger partial charge in [-0.3, -0.25) is 4.79 Å². The Kier molecular flexibility index (Phi) is 4.99. The van der Waals surface area contributed by atoms with Crippen LogP contribution in [0.1, 0.15) is 25.7 Å².